The molecule has 102 valence electrons. The summed E-state index contributed by atoms with van der Waals surface area (Å²) in [6.07, 6.45) is 0. The molecule has 0 unspecified atom stereocenters. The smallest absolute Gasteiger partial charge is 0.0689 e. The molecular formula is N4O12Te-4. The van der Waals surface area contributed by atoms with E-state index in [4.69, 9.17) is 61.3 Å². The van der Waals surface area contributed by atoms with Crippen LogP contribution < -0.4 is 0 Å². The zero-order valence-electron chi connectivity index (χ0n) is 7.10. The molecule has 0 atom stereocenters. The molecule has 0 aliphatic carbocycles. The van der Waals surface area contributed by atoms with E-state index in [1.165, 1.54) is 0 Å². The van der Waals surface area contributed by atoms with Crippen LogP contribution in [-0.4, -0.2) is 44.0 Å². The molecule has 0 amide bonds. The predicted octanol–water partition coefficient (Wildman–Crippen LogP) is -1.34. The Morgan fingerprint density at radius 2 is 0.412 bits per heavy atom. The van der Waals surface area contributed by atoms with Crippen molar-refractivity contribution >= 4 is 23.7 Å². The van der Waals surface area contributed by atoms with Crippen molar-refractivity contribution in [2.24, 2.45) is 0 Å². The molecule has 0 aliphatic heterocycles. The van der Waals surface area contributed by atoms with Crippen LogP contribution in [0.25, 0.3) is 0 Å². The molecule has 16 nitrogen and oxygen atoms in total. The van der Waals surface area contributed by atoms with Gasteiger partial charge < -0.3 is 61.3 Å². The maximum Gasteiger partial charge on any atom is 0.0689 e. The molecule has 17 heavy (non-hydrogen) atoms. The summed E-state index contributed by atoms with van der Waals surface area (Å²) in [6, 6.07) is 0. The van der Waals surface area contributed by atoms with E-state index in [9.17, 15) is 0 Å². The molecule has 0 saturated heterocycles. The first-order valence-corrected chi connectivity index (χ1v) is 2.19. The average Bonchev–Trinajstić information content (AvgIpc) is 1.76. The van der Waals surface area contributed by atoms with Gasteiger partial charge in [0.1, 0.15) is 0 Å². The van der Waals surface area contributed by atoms with E-state index in [1.807, 2.05) is 0 Å². The molecule has 0 saturated carbocycles. The third-order valence-corrected chi connectivity index (χ3v) is 0. The molecule has 0 rings (SSSR count). The van der Waals surface area contributed by atoms with Gasteiger partial charge in [0.2, 0.25) is 0 Å². The third-order valence-electron chi connectivity index (χ3n) is 0. The molecule has 0 bridgehead atoms. The number of hydrogen-bond donors (Lipinski definition) is 0. The van der Waals surface area contributed by atoms with E-state index in [1.54, 1.807) is 0 Å². The fraction of sp³-hybridized carbons (Fsp3) is 0. The Hall–Kier alpha value is -2.41. The van der Waals surface area contributed by atoms with Crippen molar-refractivity contribution in [2.45, 2.75) is 0 Å². The molecule has 0 spiro atoms. The standard InChI is InChI=1S/4NO3.Te/c4*2-1(3)4;/q4*-1;. The first-order chi connectivity index (χ1) is 6.93. The Morgan fingerprint density at radius 1 is 0.412 bits per heavy atom. The van der Waals surface area contributed by atoms with Crippen LogP contribution in [-0.2, 0) is 0 Å². The van der Waals surface area contributed by atoms with Gasteiger partial charge in [-0.05, 0) is 0 Å². The monoisotopic (exact) mass is 378 g/mol. The van der Waals surface area contributed by atoms with Gasteiger partial charge in [0.25, 0.3) is 0 Å². The zero-order chi connectivity index (χ0) is 14.3. The van der Waals surface area contributed by atoms with E-state index in [0.29, 0.717) is 0 Å². The molecular weight excluding hydrogens is 376 g/mol. The van der Waals surface area contributed by atoms with E-state index in [0.717, 1.165) is 0 Å². The van der Waals surface area contributed by atoms with Gasteiger partial charge in [0.05, 0.1) is 20.3 Å². The van der Waals surface area contributed by atoms with Gasteiger partial charge in [-0.15, -0.1) is 0 Å². The van der Waals surface area contributed by atoms with Gasteiger partial charge in [-0.1, -0.05) is 0 Å². The molecule has 2 radical (unpaired) electrons. The van der Waals surface area contributed by atoms with Gasteiger partial charge in [-0.2, -0.15) is 0 Å². The van der Waals surface area contributed by atoms with Gasteiger partial charge in [-0.25, -0.2) is 0 Å². The van der Waals surface area contributed by atoms with Crippen molar-refractivity contribution in [3.63, 3.8) is 0 Å². The van der Waals surface area contributed by atoms with E-state index in [2.05, 4.69) is 0 Å². The summed E-state index contributed by atoms with van der Waals surface area (Å²) in [5.74, 6) is 0. The van der Waals surface area contributed by atoms with Crippen LogP contribution in [0.1, 0.15) is 0 Å². The summed E-state index contributed by atoms with van der Waals surface area (Å²) in [5, 5.41) is 59.0. The second-order valence-electron chi connectivity index (χ2n) is 0.894. The summed E-state index contributed by atoms with van der Waals surface area (Å²) >= 11 is 0. The number of nitrogens with zero attached hydrogens (tertiary/aromatic N) is 4. The van der Waals surface area contributed by atoms with Gasteiger partial charge in [-0.3, -0.25) is 0 Å². The summed E-state index contributed by atoms with van der Waals surface area (Å²) in [4.78, 5) is 33.0. The van der Waals surface area contributed by atoms with Crippen molar-refractivity contribution in [3.05, 3.63) is 61.3 Å². The molecule has 0 N–H and O–H groups in total. The fourth-order valence-electron chi connectivity index (χ4n) is 0. The largest absolute Gasteiger partial charge is 0.356 e. The Bertz CT molecular complexity index is 159. The third kappa shape index (κ3) is 314. The summed E-state index contributed by atoms with van der Waals surface area (Å²) in [7, 11) is 0. The van der Waals surface area contributed by atoms with Crippen molar-refractivity contribution < 1.29 is 20.3 Å². The molecule has 0 aliphatic rings. The Kier molecular flexibility index (Phi) is 40.4. The normalized spacial score (nSPS) is 5.65. The van der Waals surface area contributed by atoms with Crippen molar-refractivity contribution in [1.82, 2.24) is 0 Å². The van der Waals surface area contributed by atoms with Crippen LogP contribution >= 0.6 is 0 Å². The van der Waals surface area contributed by atoms with E-state index in [-0.39, 0.29) is 23.7 Å². The minimum atomic E-state index is -1.75. The number of rotatable bonds is 0. The SMILES string of the molecule is O=[N+]([O-])[O-].O=[N+]([O-])[O-].O=[N+]([O-])[O-].O=[N+]([O-])[O-].[Te]. The Labute approximate surface area is 106 Å². The second-order valence-corrected chi connectivity index (χ2v) is 0.894. The van der Waals surface area contributed by atoms with Crippen LogP contribution in [0.3, 0.4) is 0 Å². The van der Waals surface area contributed by atoms with Crippen molar-refractivity contribution in [1.29, 1.82) is 0 Å². The first-order valence-electron chi connectivity index (χ1n) is 2.19. The van der Waals surface area contributed by atoms with Crippen LogP contribution in [0.5, 0.6) is 0 Å². The molecule has 0 fully saturated rings. The molecule has 0 aromatic heterocycles. The van der Waals surface area contributed by atoms with E-state index >= 15 is 0 Å². The van der Waals surface area contributed by atoms with Crippen LogP contribution in [0.15, 0.2) is 0 Å². The summed E-state index contributed by atoms with van der Waals surface area (Å²) in [6.45, 7) is 0. The molecule has 0 heterocycles. The van der Waals surface area contributed by atoms with E-state index < -0.39 is 20.3 Å². The zero-order valence-corrected chi connectivity index (χ0v) is 9.43. The molecule has 17 heteroatoms. The minimum absolute atomic E-state index is 0. The van der Waals surface area contributed by atoms with Gasteiger partial charge in [0, 0.05) is 23.7 Å². The van der Waals surface area contributed by atoms with Crippen molar-refractivity contribution in [2.75, 3.05) is 0 Å². The number of hydrogen-bond acceptors (Lipinski definition) is 12. The maximum atomic E-state index is 8.25. The second kappa shape index (κ2) is 23.4. The maximum absolute atomic E-state index is 8.25. The summed E-state index contributed by atoms with van der Waals surface area (Å²) < 4.78 is 0. The topological polar surface area (TPSA) is 265 Å². The minimum Gasteiger partial charge on any atom is -0.356 e. The van der Waals surface area contributed by atoms with Crippen LogP contribution in [0.2, 0.25) is 0 Å². The van der Waals surface area contributed by atoms with Gasteiger partial charge >= 0.3 is 0 Å². The Morgan fingerprint density at radius 3 is 0.412 bits per heavy atom. The van der Waals surface area contributed by atoms with Crippen LogP contribution in [0, 0.1) is 61.3 Å². The summed E-state index contributed by atoms with van der Waals surface area (Å²) in [5.41, 5.74) is 0. The van der Waals surface area contributed by atoms with Crippen molar-refractivity contribution in [3.8, 4) is 0 Å². The molecule has 0 aromatic rings. The fourth-order valence-corrected chi connectivity index (χ4v) is 0. The average molecular weight is 376 g/mol. The predicted molar refractivity (Wildman–Crippen MR) is 47.2 cm³/mol. The molecule has 0 aromatic carbocycles. The van der Waals surface area contributed by atoms with Gasteiger partial charge in [0.15, 0.2) is 0 Å². The quantitative estimate of drug-likeness (QED) is 0.270. The first kappa shape index (κ1) is 29.3. The Balaban J connectivity index is -0.0000000369. The van der Waals surface area contributed by atoms with Crippen LogP contribution in [0.4, 0.5) is 0 Å².